The highest BCUT2D eigenvalue weighted by Gasteiger charge is 2.28. The Labute approximate surface area is 93.5 Å². The molecule has 0 aromatic heterocycles. The second kappa shape index (κ2) is 5.31. The van der Waals surface area contributed by atoms with E-state index in [2.05, 4.69) is 12.2 Å². The van der Waals surface area contributed by atoms with Gasteiger partial charge in [-0.05, 0) is 31.6 Å². The second-order valence-corrected chi connectivity index (χ2v) is 5.49. The van der Waals surface area contributed by atoms with Gasteiger partial charge in [-0.1, -0.05) is 32.6 Å². The molecule has 2 nitrogen and oxygen atoms in total. The standard InChI is InChI=1S/C13H25NO/c1-10-6-2-3-7-11(10)14-12-8-4-5-9-13(12)15/h10-15H,2-9H2,1H3. The van der Waals surface area contributed by atoms with Gasteiger partial charge in [0.05, 0.1) is 6.10 Å². The fourth-order valence-corrected chi connectivity index (χ4v) is 3.14. The van der Waals surface area contributed by atoms with Gasteiger partial charge >= 0.3 is 0 Å². The summed E-state index contributed by atoms with van der Waals surface area (Å²) in [4.78, 5) is 0. The monoisotopic (exact) mass is 211 g/mol. The molecule has 0 bridgehead atoms. The van der Waals surface area contributed by atoms with E-state index < -0.39 is 0 Å². The lowest BCUT2D eigenvalue weighted by Gasteiger charge is -2.37. The Hall–Kier alpha value is -0.0800. The molecule has 0 aromatic carbocycles. The third-order valence-corrected chi connectivity index (χ3v) is 4.27. The van der Waals surface area contributed by atoms with E-state index in [1.165, 1.54) is 44.9 Å². The second-order valence-electron chi connectivity index (χ2n) is 5.49. The Morgan fingerprint density at radius 3 is 2.13 bits per heavy atom. The molecule has 0 saturated heterocycles. The largest absolute Gasteiger partial charge is 0.392 e. The summed E-state index contributed by atoms with van der Waals surface area (Å²) in [6.07, 6.45) is 10.0. The van der Waals surface area contributed by atoms with E-state index in [0.29, 0.717) is 12.1 Å². The van der Waals surface area contributed by atoms with Gasteiger partial charge in [-0.3, -0.25) is 0 Å². The Kier molecular flexibility index (Phi) is 4.04. The van der Waals surface area contributed by atoms with Gasteiger partial charge in [0.15, 0.2) is 0 Å². The molecule has 2 fully saturated rings. The molecule has 0 radical (unpaired) electrons. The fraction of sp³-hybridized carbons (Fsp3) is 1.00. The quantitative estimate of drug-likeness (QED) is 0.735. The van der Waals surface area contributed by atoms with Crippen molar-refractivity contribution >= 4 is 0 Å². The fourth-order valence-electron chi connectivity index (χ4n) is 3.14. The number of hydrogen-bond donors (Lipinski definition) is 2. The molecule has 0 heterocycles. The van der Waals surface area contributed by atoms with Crippen molar-refractivity contribution in [2.24, 2.45) is 5.92 Å². The van der Waals surface area contributed by atoms with Crippen molar-refractivity contribution in [3.05, 3.63) is 0 Å². The molecule has 2 N–H and O–H groups in total. The van der Waals surface area contributed by atoms with Crippen LogP contribution < -0.4 is 5.32 Å². The van der Waals surface area contributed by atoms with E-state index in [1.807, 2.05) is 0 Å². The highest BCUT2D eigenvalue weighted by molar-refractivity contribution is 4.87. The maximum absolute atomic E-state index is 9.92. The van der Waals surface area contributed by atoms with Crippen LogP contribution in [0.3, 0.4) is 0 Å². The molecule has 2 heteroatoms. The Morgan fingerprint density at radius 1 is 0.867 bits per heavy atom. The smallest absolute Gasteiger partial charge is 0.0693 e. The Morgan fingerprint density at radius 2 is 1.47 bits per heavy atom. The number of hydrogen-bond acceptors (Lipinski definition) is 2. The van der Waals surface area contributed by atoms with Crippen LogP contribution in [0.2, 0.25) is 0 Å². The van der Waals surface area contributed by atoms with Crippen molar-refractivity contribution in [1.29, 1.82) is 0 Å². The van der Waals surface area contributed by atoms with Crippen molar-refractivity contribution in [3.8, 4) is 0 Å². The molecule has 4 atom stereocenters. The summed E-state index contributed by atoms with van der Waals surface area (Å²) in [7, 11) is 0. The van der Waals surface area contributed by atoms with E-state index in [0.717, 1.165) is 12.3 Å². The first kappa shape index (κ1) is 11.4. The molecule has 2 aliphatic carbocycles. The average Bonchev–Trinajstić information content (AvgIpc) is 2.24. The SMILES string of the molecule is CC1CCCCC1NC1CCCCC1O. The van der Waals surface area contributed by atoms with Crippen LogP contribution in [0.5, 0.6) is 0 Å². The van der Waals surface area contributed by atoms with Crippen LogP contribution in [0.4, 0.5) is 0 Å². The van der Waals surface area contributed by atoms with Gasteiger partial charge in [-0.25, -0.2) is 0 Å². The average molecular weight is 211 g/mol. The molecular formula is C13H25NO. The van der Waals surface area contributed by atoms with Gasteiger partial charge in [-0.15, -0.1) is 0 Å². The minimum atomic E-state index is -0.0899. The van der Waals surface area contributed by atoms with Crippen LogP contribution in [0, 0.1) is 5.92 Å². The minimum absolute atomic E-state index is 0.0899. The van der Waals surface area contributed by atoms with Crippen molar-refractivity contribution in [2.75, 3.05) is 0 Å². The maximum atomic E-state index is 9.92. The molecule has 0 amide bonds. The number of nitrogens with one attached hydrogen (secondary N) is 1. The van der Waals surface area contributed by atoms with Gasteiger partial charge in [0, 0.05) is 12.1 Å². The first-order valence-electron chi connectivity index (χ1n) is 6.71. The van der Waals surface area contributed by atoms with Crippen molar-refractivity contribution in [2.45, 2.75) is 76.5 Å². The Balaban J connectivity index is 1.83. The summed E-state index contributed by atoms with van der Waals surface area (Å²) in [6, 6.07) is 1.04. The number of aliphatic hydroxyl groups is 1. The predicted octanol–water partition coefficient (Wildman–Crippen LogP) is 2.46. The van der Waals surface area contributed by atoms with Crippen molar-refractivity contribution in [3.63, 3.8) is 0 Å². The molecule has 0 spiro atoms. The molecule has 0 aliphatic heterocycles. The zero-order chi connectivity index (χ0) is 10.7. The van der Waals surface area contributed by atoms with Crippen molar-refractivity contribution in [1.82, 2.24) is 5.32 Å². The number of aliphatic hydroxyl groups excluding tert-OH is 1. The van der Waals surface area contributed by atoms with Gasteiger partial charge < -0.3 is 10.4 Å². The predicted molar refractivity (Wildman–Crippen MR) is 62.8 cm³/mol. The highest BCUT2D eigenvalue weighted by atomic mass is 16.3. The third kappa shape index (κ3) is 2.94. The Bertz CT molecular complexity index is 175. The van der Waals surface area contributed by atoms with Gasteiger partial charge in [0.25, 0.3) is 0 Å². The van der Waals surface area contributed by atoms with E-state index in [-0.39, 0.29) is 6.10 Å². The van der Waals surface area contributed by atoms with Crippen LogP contribution in [0.25, 0.3) is 0 Å². The van der Waals surface area contributed by atoms with E-state index >= 15 is 0 Å². The maximum Gasteiger partial charge on any atom is 0.0693 e. The van der Waals surface area contributed by atoms with Crippen LogP contribution in [0.15, 0.2) is 0 Å². The third-order valence-electron chi connectivity index (χ3n) is 4.27. The summed E-state index contributed by atoms with van der Waals surface area (Å²) < 4.78 is 0. The summed E-state index contributed by atoms with van der Waals surface area (Å²) in [5, 5.41) is 13.6. The normalized spacial score (nSPS) is 42.8. The lowest BCUT2D eigenvalue weighted by Crippen LogP contribution is -2.50. The van der Waals surface area contributed by atoms with Crippen molar-refractivity contribution < 1.29 is 5.11 Å². The zero-order valence-corrected chi connectivity index (χ0v) is 9.91. The zero-order valence-electron chi connectivity index (χ0n) is 9.91. The summed E-state index contributed by atoms with van der Waals surface area (Å²) in [6.45, 7) is 2.35. The van der Waals surface area contributed by atoms with Crippen LogP contribution in [0.1, 0.15) is 58.3 Å². The number of rotatable bonds is 2. The minimum Gasteiger partial charge on any atom is -0.392 e. The molecule has 2 aliphatic rings. The molecule has 0 aromatic rings. The molecule has 2 rings (SSSR count). The molecule has 15 heavy (non-hydrogen) atoms. The lowest BCUT2D eigenvalue weighted by molar-refractivity contribution is 0.0758. The summed E-state index contributed by atoms with van der Waals surface area (Å²) in [5.74, 6) is 0.799. The lowest BCUT2D eigenvalue weighted by atomic mass is 9.84. The molecular weight excluding hydrogens is 186 g/mol. The van der Waals surface area contributed by atoms with Crippen LogP contribution in [-0.4, -0.2) is 23.3 Å². The van der Waals surface area contributed by atoms with Crippen LogP contribution in [-0.2, 0) is 0 Å². The van der Waals surface area contributed by atoms with E-state index in [4.69, 9.17) is 0 Å². The molecule has 4 unspecified atom stereocenters. The first-order valence-corrected chi connectivity index (χ1v) is 6.71. The van der Waals surface area contributed by atoms with E-state index in [9.17, 15) is 5.11 Å². The molecule has 88 valence electrons. The van der Waals surface area contributed by atoms with Gasteiger partial charge in [-0.2, -0.15) is 0 Å². The van der Waals surface area contributed by atoms with Crippen LogP contribution >= 0.6 is 0 Å². The first-order chi connectivity index (χ1) is 7.27. The summed E-state index contributed by atoms with van der Waals surface area (Å²) in [5.41, 5.74) is 0. The van der Waals surface area contributed by atoms with Gasteiger partial charge in [0.1, 0.15) is 0 Å². The van der Waals surface area contributed by atoms with Gasteiger partial charge in [0.2, 0.25) is 0 Å². The highest BCUT2D eigenvalue weighted by Crippen LogP contribution is 2.26. The summed E-state index contributed by atoms with van der Waals surface area (Å²) >= 11 is 0. The topological polar surface area (TPSA) is 32.3 Å². The van der Waals surface area contributed by atoms with E-state index in [1.54, 1.807) is 0 Å². The molecule has 2 saturated carbocycles.